The van der Waals surface area contributed by atoms with Crippen LogP contribution < -0.4 is 5.32 Å². The van der Waals surface area contributed by atoms with Crippen molar-refractivity contribution in [3.63, 3.8) is 0 Å². The van der Waals surface area contributed by atoms with E-state index < -0.39 is 10.0 Å². The highest BCUT2D eigenvalue weighted by molar-refractivity contribution is 9.10. The number of sulfonamides is 1. The summed E-state index contributed by atoms with van der Waals surface area (Å²) in [5.74, 6) is -0.201. The minimum absolute atomic E-state index is 0.0183. The molecular formula is C24H25BrN2O3S. The highest BCUT2D eigenvalue weighted by atomic mass is 79.9. The van der Waals surface area contributed by atoms with Crippen molar-refractivity contribution in [3.05, 3.63) is 76.8 Å². The van der Waals surface area contributed by atoms with Crippen LogP contribution >= 0.6 is 15.9 Å². The van der Waals surface area contributed by atoms with Crippen molar-refractivity contribution in [2.75, 3.05) is 13.1 Å². The average Bonchev–Trinajstić information content (AvgIpc) is 2.78. The second kappa shape index (κ2) is 9.10. The molecule has 1 saturated heterocycles. The van der Waals surface area contributed by atoms with Gasteiger partial charge in [0.15, 0.2) is 0 Å². The number of halogens is 1. The van der Waals surface area contributed by atoms with E-state index in [-0.39, 0.29) is 17.9 Å². The summed E-state index contributed by atoms with van der Waals surface area (Å²) in [6, 6.07) is 20.7. The van der Waals surface area contributed by atoms with Crippen molar-refractivity contribution in [1.82, 2.24) is 9.62 Å². The molecule has 0 aromatic heterocycles. The molecule has 1 aliphatic rings. The van der Waals surface area contributed by atoms with Crippen molar-refractivity contribution in [2.45, 2.75) is 30.7 Å². The Morgan fingerprint density at radius 3 is 2.42 bits per heavy atom. The highest BCUT2D eigenvalue weighted by Gasteiger charge is 2.32. The van der Waals surface area contributed by atoms with Crippen molar-refractivity contribution in [1.29, 1.82) is 0 Å². The number of carbonyl (C=O) groups is 1. The van der Waals surface area contributed by atoms with Crippen LogP contribution in [-0.2, 0) is 14.8 Å². The van der Waals surface area contributed by atoms with Crippen LogP contribution in [0.5, 0.6) is 0 Å². The first-order chi connectivity index (χ1) is 14.8. The molecule has 162 valence electrons. The summed E-state index contributed by atoms with van der Waals surface area (Å²) < 4.78 is 28.7. The standard InChI is InChI=1S/C24H25BrN2O3S/c1-17(20-7-4-8-22(25)15-20)26-24(28)19-11-13-27(14-12-19)31(29,30)23-10-9-18-5-2-3-6-21(18)16-23/h2-10,15-17,19H,11-14H2,1H3,(H,26,28). The predicted octanol–water partition coefficient (Wildman–Crippen LogP) is 4.88. The van der Waals surface area contributed by atoms with Crippen LogP contribution in [0.15, 0.2) is 76.1 Å². The maximum Gasteiger partial charge on any atom is 0.243 e. The molecule has 3 aromatic carbocycles. The summed E-state index contributed by atoms with van der Waals surface area (Å²) in [4.78, 5) is 13.1. The molecule has 4 rings (SSSR count). The Bertz CT molecular complexity index is 1200. The van der Waals surface area contributed by atoms with Gasteiger partial charge in [-0.2, -0.15) is 4.31 Å². The number of amides is 1. The van der Waals surface area contributed by atoms with Crippen LogP contribution in [0.4, 0.5) is 0 Å². The minimum Gasteiger partial charge on any atom is -0.349 e. The Morgan fingerprint density at radius 2 is 1.71 bits per heavy atom. The molecule has 1 unspecified atom stereocenters. The fourth-order valence-electron chi connectivity index (χ4n) is 4.03. The number of piperidine rings is 1. The van der Waals surface area contributed by atoms with Gasteiger partial charge >= 0.3 is 0 Å². The smallest absolute Gasteiger partial charge is 0.243 e. The number of fused-ring (bicyclic) bond motifs is 1. The molecule has 5 nitrogen and oxygen atoms in total. The van der Waals surface area contributed by atoms with E-state index in [4.69, 9.17) is 0 Å². The fraction of sp³-hybridized carbons (Fsp3) is 0.292. The van der Waals surface area contributed by atoms with Crippen LogP contribution in [0.2, 0.25) is 0 Å². The lowest BCUT2D eigenvalue weighted by Gasteiger charge is -2.31. The largest absolute Gasteiger partial charge is 0.349 e. The van der Waals surface area contributed by atoms with Crippen LogP contribution in [0, 0.1) is 5.92 Å². The van der Waals surface area contributed by atoms with E-state index in [9.17, 15) is 13.2 Å². The molecule has 7 heteroatoms. The Kier molecular flexibility index (Phi) is 6.46. The number of nitrogens with one attached hydrogen (secondary N) is 1. The molecule has 1 atom stereocenters. The Morgan fingerprint density at radius 1 is 1.00 bits per heavy atom. The van der Waals surface area contributed by atoms with E-state index in [0.717, 1.165) is 20.8 Å². The lowest BCUT2D eigenvalue weighted by atomic mass is 9.96. The van der Waals surface area contributed by atoms with Gasteiger partial charge in [-0.15, -0.1) is 0 Å². The first-order valence-corrected chi connectivity index (χ1v) is 12.6. The SMILES string of the molecule is CC(NC(=O)C1CCN(S(=O)(=O)c2ccc3ccccc3c2)CC1)c1cccc(Br)c1. The number of hydrogen-bond donors (Lipinski definition) is 1. The molecule has 0 radical (unpaired) electrons. The van der Waals surface area contributed by atoms with Gasteiger partial charge < -0.3 is 5.32 Å². The topological polar surface area (TPSA) is 66.5 Å². The minimum atomic E-state index is -3.58. The van der Waals surface area contributed by atoms with Crippen LogP contribution in [0.3, 0.4) is 0 Å². The maximum atomic E-state index is 13.1. The van der Waals surface area contributed by atoms with Crippen LogP contribution in [0.1, 0.15) is 31.4 Å². The van der Waals surface area contributed by atoms with Gasteiger partial charge in [-0.3, -0.25) is 4.79 Å². The van der Waals surface area contributed by atoms with Gasteiger partial charge in [0.25, 0.3) is 0 Å². The lowest BCUT2D eigenvalue weighted by Crippen LogP contribution is -2.43. The van der Waals surface area contributed by atoms with Crippen LogP contribution in [0.25, 0.3) is 10.8 Å². The summed E-state index contributed by atoms with van der Waals surface area (Å²) in [6.45, 7) is 2.65. The zero-order valence-corrected chi connectivity index (χ0v) is 19.7. The normalized spacial score (nSPS) is 16.8. The molecule has 1 amide bonds. The quantitative estimate of drug-likeness (QED) is 0.542. The van der Waals surface area contributed by atoms with Crippen LogP contribution in [-0.4, -0.2) is 31.7 Å². The van der Waals surface area contributed by atoms with Crippen molar-refractivity contribution in [3.8, 4) is 0 Å². The lowest BCUT2D eigenvalue weighted by molar-refractivity contribution is -0.126. The summed E-state index contributed by atoms with van der Waals surface area (Å²) in [7, 11) is -3.58. The Balaban J connectivity index is 1.39. The highest BCUT2D eigenvalue weighted by Crippen LogP contribution is 2.27. The van der Waals surface area contributed by atoms with Gasteiger partial charge in [-0.25, -0.2) is 8.42 Å². The van der Waals surface area contributed by atoms with Crippen molar-refractivity contribution < 1.29 is 13.2 Å². The third-order valence-corrected chi connectivity index (χ3v) is 8.28. The number of rotatable bonds is 5. The van der Waals surface area contributed by atoms with Gasteiger partial charge in [-0.05, 0) is 60.4 Å². The van der Waals surface area contributed by atoms with Gasteiger partial charge in [-0.1, -0.05) is 58.4 Å². The molecule has 1 N–H and O–H groups in total. The molecular weight excluding hydrogens is 476 g/mol. The Labute approximate surface area is 191 Å². The average molecular weight is 501 g/mol. The van der Waals surface area contributed by atoms with Gasteiger partial charge in [0.1, 0.15) is 0 Å². The Hall–Kier alpha value is -2.22. The van der Waals surface area contributed by atoms with Gasteiger partial charge in [0.2, 0.25) is 15.9 Å². The zero-order chi connectivity index (χ0) is 22.0. The first-order valence-electron chi connectivity index (χ1n) is 10.4. The summed E-state index contributed by atoms with van der Waals surface area (Å²) in [6.07, 6.45) is 1.04. The number of nitrogens with zero attached hydrogens (tertiary/aromatic N) is 1. The maximum absolute atomic E-state index is 13.1. The van der Waals surface area contributed by atoms with Crippen molar-refractivity contribution >= 4 is 42.6 Å². The van der Waals surface area contributed by atoms with Crippen molar-refractivity contribution in [2.24, 2.45) is 5.92 Å². The third-order valence-electron chi connectivity index (χ3n) is 5.89. The molecule has 0 aliphatic carbocycles. The summed E-state index contributed by atoms with van der Waals surface area (Å²) in [5.41, 5.74) is 1.03. The monoisotopic (exact) mass is 500 g/mol. The molecule has 0 spiro atoms. The molecule has 1 fully saturated rings. The van der Waals surface area contributed by atoms with E-state index in [2.05, 4.69) is 21.2 Å². The second-order valence-electron chi connectivity index (χ2n) is 7.97. The number of hydrogen-bond acceptors (Lipinski definition) is 3. The van der Waals surface area contributed by atoms with E-state index in [0.29, 0.717) is 30.8 Å². The van der Waals surface area contributed by atoms with Gasteiger partial charge in [0.05, 0.1) is 10.9 Å². The van der Waals surface area contributed by atoms with E-state index in [1.54, 1.807) is 12.1 Å². The first kappa shape index (κ1) is 22.0. The molecule has 1 heterocycles. The molecule has 31 heavy (non-hydrogen) atoms. The van der Waals surface area contributed by atoms with E-state index in [1.165, 1.54) is 4.31 Å². The summed E-state index contributed by atoms with van der Waals surface area (Å²) in [5, 5.41) is 4.98. The van der Waals surface area contributed by atoms with Gasteiger partial charge in [0, 0.05) is 23.5 Å². The molecule has 0 saturated carbocycles. The molecule has 0 bridgehead atoms. The zero-order valence-electron chi connectivity index (χ0n) is 17.3. The van der Waals surface area contributed by atoms with E-state index in [1.807, 2.05) is 61.5 Å². The fourth-order valence-corrected chi connectivity index (χ4v) is 5.95. The molecule has 1 aliphatic heterocycles. The molecule has 3 aromatic rings. The number of benzene rings is 3. The third kappa shape index (κ3) is 4.84. The predicted molar refractivity (Wildman–Crippen MR) is 126 cm³/mol. The van der Waals surface area contributed by atoms with E-state index >= 15 is 0 Å². The second-order valence-corrected chi connectivity index (χ2v) is 10.8. The summed E-state index contributed by atoms with van der Waals surface area (Å²) >= 11 is 3.46. The number of carbonyl (C=O) groups excluding carboxylic acids is 1.